The van der Waals surface area contributed by atoms with Crippen molar-refractivity contribution in [3.63, 3.8) is 0 Å². The number of imidazole rings is 1. The lowest BCUT2D eigenvalue weighted by Gasteiger charge is -2.22. The van der Waals surface area contributed by atoms with E-state index in [2.05, 4.69) is 10.3 Å². The summed E-state index contributed by atoms with van der Waals surface area (Å²) in [6.07, 6.45) is 3.40. The van der Waals surface area contributed by atoms with Gasteiger partial charge in [-0.3, -0.25) is 0 Å². The average molecular weight is 306 g/mol. The van der Waals surface area contributed by atoms with Crippen LogP contribution < -0.4 is 5.32 Å². The first-order valence-corrected chi connectivity index (χ1v) is 6.90. The Balaban J connectivity index is 2.10. The predicted molar refractivity (Wildman–Crippen MR) is 80.9 cm³/mol. The summed E-state index contributed by atoms with van der Waals surface area (Å²) < 4.78 is 15.6. The molecule has 2 N–H and O–H groups in total. The van der Waals surface area contributed by atoms with E-state index >= 15 is 0 Å². The number of anilines is 1. The van der Waals surface area contributed by atoms with Crippen molar-refractivity contribution in [2.24, 2.45) is 7.05 Å². The van der Waals surface area contributed by atoms with Crippen LogP contribution in [0.5, 0.6) is 0 Å². The summed E-state index contributed by atoms with van der Waals surface area (Å²) in [6.45, 7) is 1.94. The van der Waals surface area contributed by atoms with Crippen LogP contribution in [-0.4, -0.2) is 38.7 Å². The van der Waals surface area contributed by atoms with Gasteiger partial charge in [0.2, 0.25) is 0 Å². The first-order chi connectivity index (χ1) is 10.5. The number of rotatable bonds is 5. The fourth-order valence-electron chi connectivity index (χ4n) is 2.01. The minimum Gasteiger partial charge on any atom is -0.395 e. The van der Waals surface area contributed by atoms with Crippen LogP contribution in [0, 0.1) is 12.7 Å². The quantitative estimate of drug-likeness (QED) is 0.886. The number of aliphatic hydroxyl groups excluding tert-OH is 1. The number of nitrogens with one attached hydrogen (secondary N) is 1. The molecule has 0 bridgehead atoms. The Morgan fingerprint density at radius 2 is 2.27 bits per heavy atom. The summed E-state index contributed by atoms with van der Waals surface area (Å²) in [5.74, 6) is 0.183. The number of hydrogen-bond donors (Lipinski definition) is 2. The van der Waals surface area contributed by atoms with Crippen LogP contribution in [0.3, 0.4) is 0 Å². The van der Waals surface area contributed by atoms with Crippen LogP contribution in [0.15, 0.2) is 30.6 Å². The fraction of sp³-hybridized carbons (Fsp3) is 0.333. The molecule has 1 aromatic carbocycles. The van der Waals surface area contributed by atoms with Gasteiger partial charge in [0.15, 0.2) is 0 Å². The molecule has 0 fully saturated rings. The maximum absolute atomic E-state index is 13.8. The van der Waals surface area contributed by atoms with Crippen molar-refractivity contribution in [3.05, 3.63) is 47.8 Å². The molecule has 0 aliphatic carbocycles. The zero-order valence-corrected chi connectivity index (χ0v) is 12.6. The highest BCUT2D eigenvalue weighted by Crippen LogP contribution is 2.16. The summed E-state index contributed by atoms with van der Waals surface area (Å²) >= 11 is 0. The molecule has 2 rings (SSSR count). The Morgan fingerprint density at radius 3 is 2.86 bits per heavy atom. The smallest absolute Gasteiger partial charge is 0.322 e. The van der Waals surface area contributed by atoms with E-state index in [1.807, 2.05) is 7.05 Å². The SMILES string of the molecule is Cc1ccc(NC(=O)N(CCO)Cc2nccn2C)c(F)c1. The lowest BCUT2D eigenvalue weighted by Crippen LogP contribution is -2.37. The van der Waals surface area contributed by atoms with Gasteiger partial charge in [-0.1, -0.05) is 6.07 Å². The number of aliphatic hydroxyl groups is 1. The molecule has 0 saturated carbocycles. The summed E-state index contributed by atoms with van der Waals surface area (Å²) in [6, 6.07) is 4.10. The molecular weight excluding hydrogens is 287 g/mol. The molecule has 0 atom stereocenters. The summed E-state index contributed by atoms with van der Waals surface area (Å²) in [5, 5.41) is 11.6. The van der Waals surface area contributed by atoms with Gasteiger partial charge in [0.25, 0.3) is 0 Å². The molecular formula is C15H19FN4O2. The largest absolute Gasteiger partial charge is 0.395 e. The van der Waals surface area contributed by atoms with Gasteiger partial charge in [-0.25, -0.2) is 14.2 Å². The Morgan fingerprint density at radius 1 is 1.50 bits per heavy atom. The molecule has 0 aliphatic rings. The van der Waals surface area contributed by atoms with E-state index in [4.69, 9.17) is 5.11 Å². The maximum atomic E-state index is 13.8. The zero-order chi connectivity index (χ0) is 16.1. The van der Waals surface area contributed by atoms with Crippen LogP contribution in [0.4, 0.5) is 14.9 Å². The van der Waals surface area contributed by atoms with Crippen molar-refractivity contribution < 1.29 is 14.3 Å². The Bertz CT molecular complexity index is 657. The van der Waals surface area contributed by atoms with Crippen molar-refractivity contribution in [3.8, 4) is 0 Å². The number of aromatic nitrogens is 2. The van der Waals surface area contributed by atoms with Gasteiger partial charge in [0.1, 0.15) is 11.6 Å². The highest BCUT2D eigenvalue weighted by atomic mass is 19.1. The number of carbonyl (C=O) groups is 1. The van der Waals surface area contributed by atoms with E-state index in [0.29, 0.717) is 5.82 Å². The molecule has 1 aromatic heterocycles. The number of carbonyl (C=O) groups excluding carboxylic acids is 1. The van der Waals surface area contributed by atoms with Crippen molar-refractivity contribution >= 4 is 11.7 Å². The molecule has 22 heavy (non-hydrogen) atoms. The third-order valence-corrected chi connectivity index (χ3v) is 3.28. The summed E-state index contributed by atoms with van der Waals surface area (Å²) in [5.41, 5.74) is 0.883. The number of halogens is 1. The standard InChI is InChI=1S/C15H19FN4O2/c1-11-3-4-13(12(16)9-11)18-15(22)20(7-8-21)10-14-17-5-6-19(14)2/h3-6,9,21H,7-8,10H2,1-2H3,(H,18,22). The fourth-order valence-corrected chi connectivity index (χ4v) is 2.01. The van der Waals surface area contributed by atoms with E-state index in [0.717, 1.165) is 5.56 Å². The Kier molecular flexibility index (Phi) is 5.11. The molecule has 2 aromatic rings. The molecule has 0 radical (unpaired) electrons. The van der Waals surface area contributed by atoms with Gasteiger partial charge in [0.05, 0.1) is 18.8 Å². The highest BCUT2D eigenvalue weighted by molar-refractivity contribution is 5.89. The Labute approximate surface area is 128 Å². The number of hydrogen-bond acceptors (Lipinski definition) is 3. The number of nitrogens with zero attached hydrogens (tertiary/aromatic N) is 3. The van der Waals surface area contributed by atoms with Gasteiger partial charge in [-0.05, 0) is 24.6 Å². The van der Waals surface area contributed by atoms with Crippen LogP contribution >= 0.6 is 0 Å². The molecule has 1 heterocycles. The van der Waals surface area contributed by atoms with Crippen LogP contribution in [0.2, 0.25) is 0 Å². The number of amides is 2. The maximum Gasteiger partial charge on any atom is 0.322 e. The second kappa shape index (κ2) is 7.04. The minimum absolute atomic E-state index is 0.110. The zero-order valence-electron chi connectivity index (χ0n) is 12.6. The second-order valence-electron chi connectivity index (χ2n) is 5.01. The van der Waals surface area contributed by atoms with E-state index < -0.39 is 11.8 Å². The molecule has 118 valence electrons. The Hall–Kier alpha value is -2.41. The van der Waals surface area contributed by atoms with Crippen LogP contribution in [-0.2, 0) is 13.6 Å². The minimum atomic E-state index is -0.491. The lowest BCUT2D eigenvalue weighted by molar-refractivity contribution is 0.183. The van der Waals surface area contributed by atoms with Gasteiger partial charge in [-0.2, -0.15) is 0 Å². The van der Waals surface area contributed by atoms with E-state index in [1.54, 1.807) is 30.0 Å². The van der Waals surface area contributed by atoms with Crippen LogP contribution in [0.25, 0.3) is 0 Å². The van der Waals surface area contributed by atoms with Crippen LogP contribution in [0.1, 0.15) is 11.4 Å². The third kappa shape index (κ3) is 3.82. The number of urea groups is 1. The van der Waals surface area contributed by atoms with E-state index in [1.165, 1.54) is 17.0 Å². The lowest BCUT2D eigenvalue weighted by atomic mass is 10.2. The van der Waals surface area contributed by atoms with Crippen molar-refractivity contribution in [1.82, 2.24) is 14.5 Å². The average Bonchev–Trinajstić information content (AvgIpc) is 2.87. The third-order valence-electron chi connectivity index (χ3n) is 3.28. The predicted octanol–water partition coefficient (Wildman–Crippen LogP) is 1.89. The van der Waals surface area contributed by atoms with Gasteiger partial charge in [0, 0.05) is 26.0 Å². The molecule has 7 heteroatoms. The topological polar surface area (TPSA) is 70.4 Å². The first kappa shape index (κ1) is 16.0. The molecule has 0 spiro atoms. The number of benzene rings is 1. The highest BCUT2D eigenvalue weighted by Gasteiger charge is 2.17. The summed E-state index contributed by atoms with van der Waals surface area (Å²) in [7, 11) is 1.82. The molecule has 0 saturated heterocycles. The normalized spacial score (nSPS) is 10.5. The molecule has 6 nitrogen and oxygen atoms in total. The van der Waals surface area contributed by atoms with Crippen molar-refractivity contribution in [2.45, 2.75) is 13.5 Å². The molecule has 2 amide bonds. The summed E-state index contributed by atoms with van der Waals surface area (Å²) in [4.78, 5) is 17.8. The van der Waals surface area contributed by atoms with Crippen molar-refractivity contribution in [1.29, 1.82) is 0 Å². The van der Waals surface area contributed by atoms with E-state index in [-0.39, 0.29) is 25.4 Å². The van der Waals surface area contributed by atoms with Crippen molar-refractivity contribution in [2.75, 3.05) is 18.5 Å². The second-order valence-corrected chi connectivity index (χ2v) is 5.01. The number of aryl methyl sites for hydroxylation is 2. The molecule has 0 aliphatic heterocycles. The molecule has 0 unspecified atom stereocenters. The van der Waals surface area contributed by atoms with Gasteiger partial charge in [-0.15, -0.1) is 0 Å². The van der Waals surface area contributed by atoms with Gasteiger partial charge < -0.3 is 19.9 Å². The van der Waals surface area contributed by atoms with E-state index in [9.17, 15) is 9.18 Å². The first-order valence-electron chi connectivity index (χ1n) is 6.90. The monoisotopic (exact) mass is 306 g/mol. The van der Waals surface area contributed by atoms with Gasteiger partial charge >= 0.3 is 6.03 Å².